The van der Waals surface area contributed by atoms with Crippen molar-refractivity contribution in [3.63, 3.8) is 0 Å². The Balaban J connectivity index is 1.98. The molecule has 2 rings (SSSR count). The Morgan fingerprint density at radius 1 is 1.25 bits per heavy atom. The second-order valence-corrected chi connectivity index (χ2v) is 6.70. The SMILES string of the molecule is COc1cc(Br)cc(NC2CCCN(C(C)C)CC2)c1. The number of hydrogen-bond donors (Lipinski definition) is 1. The van der Waals surface area contributed by atoms with Crippen LogP contribution in [0.25, 0.3) is 0 Å². The van der Waals surface area contributed by atoms with Crippen LogP contribution in [-0.4, -0.2) is 37.2 Å². The molecule has 0 amide bonds. The van der Waals surface area contributed by atoms with Crippen LogP contribution in [0.4, 0.5) is 5.69 Å². The van der Waals surface area contributed by atoms with Gasteiger partial charge in [-0.3, -0.25) is 0 Å². The van der Waals surface area contributed by atoms with E-state index in [9.17, 15) is 0 Å². The van der Waals surface area contributed by atoms with Gasteiger partial charge >= 0.3 is 0 Å². The molecule has 1 aliphatic heterocycles. The molecule has 0 aromatic heterocycles. The lowest BCUT2D eigenvalue weighted by Gasteiger charge is -2.24. The summed E-state index contributed by atoms with van der Waals surface area (Å²) in [7, 11) is 1.71. The molecule has 0 spiro atoms. The van der Waals surface area contributed by atoms with Gasteiger partial charge in [0.05, 0.1) is 7.11 Å². The number of anilines is 1. The van der Waals surface area contributed by atoms with E-state index >= 15 is 0 Å². The van der Waals surface area contributed by atoms with Crippen LogP contribution in [0.1, 0.15) is 33.1 Å². The lowest BCUT2D eigenvalue weighted by atomic mass is 10.1. The maximum absolute atomic E-state index is 5.32. The lowest BCUT2D eigenvalue weighted by molar-refractivity contribution is 0.230. The van der Waals surface area contributed by atoms with Crippen molar-refractivity contribution < 1.29 is 4.74 Å². The first kappa shape index (κ1) is 15.6. The van der Waals surface area contributed by atoms with Crippen LogP contribution in [0.2, 0.25) is 0 Å². The van der Waals surface area contributed by atoms with Crippen LogP contribution < -0.4 is 10.1 Å². The number of benzene rings is 1. The summed E-state index contributed by atoms with van der Waals surface area (Å²) in [6.07, 6.45) is 3.70. The van der Waals surface area contributed by atoms with Crippen LogP contribution in [0, 0.1) is 0 Å². The second kappa shape index (κ2) is 7.32. The number of methoxy groups -OCH3 is 1. The molecule has 0 saturated carbocycles. The van der Waals surface area contributed by atoms with Gasteiger partial charge in [-0.2, -0.15) is 0 Å². The fraction of sp³-hybridized carbons (Fsp3) is 0.625. The first-order valence-corrected chi connectivity index (χ1v) is 8.23. The molecule has 1 fully saturated rings. The maximum atomic E-state index is 5.32. The van der Waals surface area contributed by atoms with Gasteiger partial charge in [0.15, 0.2) is 0 Å². The van der Waals surface area contributed by atoms with Gasteiger partial charge in [-0.25, -0.2) is 0 Å². The van der Waals surface area contributed by atoms with E-state index in [2.05, 4.69) is 52.1 Å². The molecule has 1 unspecified atom stereocenters. The number of nitrogens with one attached hydrogen (secondary N) is 1. The van der Waals surface area contributed by atoms with Crippen LogP contribution in [0.3, 0.4) is 0 Å². The fourth-order valence-corrected chi connectivity index (χ4v) is 3.25. The highest BCUT2D eigenvalue weighted by Gasteiger charge is 2.18. The average molecular weight is 341 g/mol. The maximum Gasteiger partial charge on any atom is 0.122 e. The Kier molecular flexibility index (Phi) is 5.73. The molecule has 1 N–H and O–H groups in total. The van der Waals surface area contributed by atoms with Gasteiger partial charge in [0, 0.05) is 34.9 Å². The normalized spacial score (nSPS) is 20.8. The van der Waals surface area contributed by atoms with E-state index in [4.69, 9.17) is 4.74 Å². The average Bonchev–Trinajstić information content (AvgIpc) is 2.63. The zero-order chi connectivity index (χ0) is 14.5. The van der Waals surface area contributed by atoms with Crippen LogP contribution in [0.5, 0.6) is 5.75 Å². The largest absolute Gasteiger partial charge is 0.497 e. The summed E-state index contributed by atoms with van der Waals surface area (Å²) in [5.41, 5.74) is 1.14. The predicted octanol–water partition coefficient (Wildman–Crippen LogP) is 4.13. The van der Waals surface area contributed by atoms with E-state index < -0.39 is 0 Å². The summed E-state index contributed by atoms with van der Waals surface area (Å²) < 4.78 is 6.37. The molecule has 1 atom stereocenters. The fourth-order valence-electron chi connectivity index (χ4n) is 2.78. The molecule has 0 radical (unpaired) electrons. The minimum absolute atomic E-state index is 0.553. The molecular formula is C16H25BrN2O. The van der Waals surface area contributed by atoms with Crippen LogP contribution >= 0.6 is 15.9 Å². The molecule has 1 aliphatic rings. The van der Waals surface area contributed by atoms with Crippen molar-refractivity contribution >= 4 is 21.6 Å². The number of rotatable bonds is 4. The van der Waals surface area contributed by atoms with Crippen molar-refractivity contribution in [1.29, 1.82) is 0 Å². The molecule has 0 aliphatic carbocycles. The molecule has 1 aromatic rings. The number of nitrogens with zero attached hydrogens (tertiary/aromatic N) is 1. The summed E-state index contributed by atoms with van der Waals surface area (Å²) >= 11 is 3.53. The highest BCUT2D eigenvalue weighted by Crippen LogP contribution is 2.26. The van der Waals surface area contributed by atoms with Crippen LogP contribution in [0.15, 0.2) is 22.7 Å². The molecule has 3 nitrogen and oxygen atoms in total. The van der Waals surface area contributed by atoms with Gasteiger partial charge < -0.3 is 15.0 Å². The first-order chi connectivity index (χ1) is 9.58. The van der Waals surface area contributed by atoms with Crippen molar-refractivity contribution in [3.05, 3.63) is 22.7 Å². The van der Waals surface area contributed by atoms with E-state index in [-0.39, 0.29) is 0 Å². The van der Waals surface area contributed by atoms with Gasteiger partial charge in [0.1, 0.15) is 5.75 Å². The van der Waals surface area contributed by atoms with Crippen molar-refractivity contribution in [3.8, 4) is 5.75 Å². The van der Waals surface area contributed by atoms with Crippen molar-refractivity contribution in [2.24, 2.45) is 0 Å². The van der Waals surface area contributed by atoms with E-state index in [1.807, 2.05) is 6.07 Å². The molecule has 20 heavy (non-hydrogen) atoms. The summed E-state index contributed by atoms with van der Waals surface area (Å²) in [5.74, 6) is 0.888. The topological polar surface area (TPSA) is 24.5 Å². The molecule has 1 aromatic carbocycles. The molecule has 1 saturated heterocycles. The Morgan fingerprint density at radius 3 is 2.75 bits per heavy atom. The monoisotopic (exact) mass is 340 g/mol. The zero-order valence-electron chi connectivity index (χ0n) is 12.7. The molecule has 0 bridgehead atoms. The summed E-state index contributed by atoms with van der Waals surface area (Å²) in [6, 6.07) is 7.37. The zero-order valence-corrected chi connectivity index (χ0v) is 14.2. The Labute approximate surface area is 130 Å². The Hall–Kier alpha value is -0.740. The van der Waals surface area contributed by atoms with Gasteiger partial charge in [-0.05, 0) is 51.8 Å². The minimum Gasteiger partial charge on any atom is -0.497 e. The summed E-state index contributed by atoms with van der Waals surface area (Å²) in [6.45, 7) is 6.97. The van der Waals surface area contributed by atoms with Crippen molar-refractivity contribution in [2.75, 3.05) is 25.5 Å². The molecule has 112 valence electrons. The number of halogens is 1. The van der Waals surface area contributed by atoms with Crippen molar-refractivity contribution in [1.82, 2.24) is 4.90 Å². The van der Waals surface area contributed by atoms with E-state index in [0.29, 0.717) is 12.1 Å². The van der Waals surface area contributed by atoms with Crippen molar-refractivity contribution in [2.45, 2.75) is 45.2 Å². The number of ether oxygens (including phenoxy) is 1. The highest BCUT2D eigenvalue weighted by molar-refractivity contribution is 9.10. The number of likely N-dealkylation sites (tertiary alicyclic amines) is 1. The van der Waals surface area contributed by atoms with E-state index in [1.54, 1.807) is 7.11 Å². The van der Waals surface area contributed by atoms with E-state index in [1.165, 1.54) is 32.4 Å². The standard InChI is InChI=1S/C16H25BrN2O/c1-12(2)19-7-4-5-14(6-8-19)18-15-9-13(17)10-16(11-15)20-3/h9-12,14,18H,4-8H2,1-3H3. The number of hydrogen-bond acceptors (Lipinski definition) is 3. The Morgan fingerprint density at radius 2 is 2.05 bits per heavy atom. The lowest BCUT2D eigenvalue weighted by Crippen LogP contribution is -2.32. The highest BCUT2D eigenvalue weighted by atomic mass is 79.9. The molecular weight excluding hydrogens is 316 g/mol. The smallest absolute Gasteiger partial charge is 0.122 e. The van der Waals surface area contributed by atoms with Gasteiger partial charge in [-0.1, -0.05) is 15.9 Å². The quantitative estimate of drug-likeness (QED) is 0.891. The van der Waals surface area contributed by atoms with Gasteiger partial charge in [-0.15, -0.1) is 0 Å². The van der Waals surface area contributed by atoms with E-state index in [0.717, 1.165) is 15.9 Å². The third-order valence-electron chi connectivity index (χ3n) is 3.97. The molecule has 4 heteroatoms. The third kappa shape index (κ3) is 4.38. The van der Waals surface area contributed by atoms with Gasteiger partial charge in [0.2, 0.25) is 0 Å². The molecule has 1 heterocycles. The second-order valence-electron chi connectivity index (χ2n) is 5.78. The summed E-state index contributed by atoms with van der Waals surface area (Å²) in [5, 5.41) is 3.66. The van der Waals surface area contributed by atoms with Crippen LogP contribution in [-0.2, 0) is 0 Å². The summed E-state index contributed by atoms with van der Waals surface area (Å²) in [4.78, 5) is 2.57. The predicted molar refractivity (Wildman–Crippen MR) is 88.7 cm³/mol. The first-order valence-electron chi connectivity index (χ1n) is 7.43. The Bertz CT molecular complexity index is 436. The van der Waals surface area contributed by atoms with Gasteiger partial charge in [0.25, 0.3) is 0 Å². The third-order valence-corrected chi connectivity index (χ3v) is 4.43. The minimum atomic E-state index is 0.553.